The van der Waals surface area contributed by atoms with Gasteiger partial charge in [0.15, 0.2) is 5.16 Å². The fraction of sp³-hybridized carbons (Fsp3) is 0.296. The summed E-state index contributed by atoms with van der Waals surface area (Å²) in [5, 5.41) is 4.50. The number of thioether (sulfide) groups is 1. The number of thiophene rings is 1. The number of nitrogens with one attached hydrogen (secondary N) is 1. The van der Waals surface area contributed by atoms with Crippen LogP contribution < -0.4 is 15.6 Å². The fourth-order valence-electron chi connectivity index (χ4n) is 4.43. The summed E-state index contributed by atoms with van der Waals surface area (Å²) in [6, 6.07) is 14.5. The summed E-state index contributed by atoms with van der Waals surface area (Å²) in [5.41, 5.74) is 2.29. The fourth-order valence-corrected chi connectivity index (χ4v) is 6.85. The Bertz CT molecular complexity index is 1480. The Balaban J connectivity index is 1.53. The SMILES string of the molecule is CCOc1ccc(-n2c(SCC(=O)Nc3ccccc3Cl)nc3sc4c(c3c2=O)CCC(C)C4)cc1. The summed E-state index contributed by atoms with van der Waals surface area (Å²) in [6.45, 7) is 4.74. The molecule has 5 rings (SSSR count). The van der Waals surface area contributed by atoms with E-state index < -0.39 is 0 Å². The van der Waals surface area contributed by atoms with Crippen molar-refractivity contribution in [2.24, 2.45) is 5.92 Å². The lowest BCUT2D eigenvalue weighted by Crippen LogP contribution is -2.23. The zero-order valence-electron chi connectivity index (χ0n) is 20.0. The van der Waals surface area contributed by atoms with Gasteiger partial charge in [-0.15, -0.1) is 11.3 Å². The average molecular weight is 540 g/mol. The van der Waals surface area contributed by atoms with E-state index in [-0.39, 0.29) is 17.2 Å². The first-order valence-corrected chi connectivity index (χ1v) is 14.1. The van der Waals surface area contributed by atoms with Gasteiger partial charge in [-0.25, -0.2) is 4.98 Å². The maximum Gasteiger partial charge on any atom is 0.267 e. The number of halogens is 1. The molecule has 0 saturated heterocycles. The number of hydrogen-bond acceptors (Lipinski definition) is 6. The molecule has 186 valence electrons. The van der Waals surface area contributed by atoms with Gasteiger partial charge in [0.2, 0.25) is 5.91 Å². The van der Waals surface area contributed by atoms with E-state index in [0.29, 0.717) is 39.5 Å². The monoisotopic (exact) mass is 539 g/mol. The van der Waals surface area contributed by atoms with E-state index in [2.05, 4.69) is 12.2 Å². The lowest BCUT2D eigenvalue weighted by molar-refractivity contribution is -0.113. The number of rotatable bonds is 7. The van der Waals surface area contributed by atoms with E-state index in [1.807, 2.05) is 43.3 Å². The number of benzene rings is 2. The molecule has 2 heterocycles. The Hall–Kier alpha value is -2.81. The smallest absolute Gasteiger partial charge is 0.267 e. The molecule has 0 bridgehead atoms. The number of amides is 1. The molecular weight excluding hydrogens is 514 g/mol. The molecule has 1 aliphatic rings. The van der Waals surface area contributed by atoms with Crippen LogP contribution in [0.2, 0.25) is 5.02 Å². The van der Waals surface area contributed by atoms with Crippen LogP contribution in [0.5, 0.6) is 5.75 Å². The molecule has 0 spiro atoms. The highest BCUT2D eigenvalue weighted by atomic mass is 35.5. The van der Waals surface area contributed by atoms with Crippen molar-refractivity contribution in [3.05, 3.63) is 74.3 Å². The van der Waals surface area contributed by atoms with Crippen LogP contribution >= 0.6 is 34.7 Å². The van der Waals surface area contributed by atoms with E-state index in [9.17, 15) is 9.59 Å². The molecule has 0 fully saturated rings. The average Bonchev–Trinajstić information content (AvgIpc) is 3.22. The van der Waals surface area contributed by atoms with E-state index in [0.717, 1.165) is 35.4 Å². The van der Waals surface area contributed by atoms with E-state index in [1.54, 1.807) is 28.0 Å². The third kappa shape index (κ3) is 5.03. The summed E-state index contributed by atoms with van der Waals surface area (Å²) in [6.07, 6.45) is 2.94. The lowest BCUT2D eigenvalue weighted by atomic mass is 9.89. The zero-order valence-corrected chi connectivity index (χ0v) is 22.4. The van der Waals surface area contributed by atoms with Crippen molar-refractivity contribution < 1.29 is 9.53 Å². The van der Waals surface area contributed by atoms with Gasteiger partial charge in [0.25, 0.3) is 5.56 Å². The predicted octanol–water partition coefficient (Wildman–Crippen LogP) is 6.35. The first-order valence-electron chi connectivity index (χ1n) is 11.9. The van der Waals surface area contributed by atoms with Crippen LogP contribution in [0, 0.1) is 5.92 Å². The first kappa shape index (κ1) is 24.9. The molecule has 2 aromatic heterocycles. The van der Waals surface area contributed by atoms with Gasteiger partial charge in [0.05, 0.1) is 34.1 Å². The van der Waals surface area contributed by atoms with Gasteiger partial charge in [0.1, 0.15) is 10.6 Å². The van der Waals surface area contributed by atoms with Crippen LogP contribution in [0.25, 0.3) is 15.9 Å². The Kier molecular flexibility index (Phi) is 7.37. The van der Waals surface area contributed by atoms with Crippen molar-refractivity contribution in [1.29, 1.82) is 0 Å². The molecule has 1 amide bonds. The van der Waals surface area contributed by atoms with Crippen molar-refractivity contribution in [2.45, 2.75) is 38.3 Å². The van der Waals surface area contributed by atoms with Gasteiger partial charge in [0, 0.05) is 4.88 Å². The number of para-hydroxylation sites is 1. The second kappa shape index (κ2) is 10.7. The molecule has 1 unspecified atom stereocenters. The highest BCUT2D eigenvalue weighted by molar-refractivity contribution is 7.99. The Labute approximate surface area is 222 Å². The minimum absolute atomic E-state index is 0.0856. The summed E-state index contributed by atoms with van der Waals surface area (Å²) in [5.74, 6) is 1.20. The molecule has 0 saturated carbocycles. The van der Waals surface area contributed by atoms with E-state index >= 15 is 0 Å². The van der Waals surface area contributed by atoms with E-state index in [1.165, 1.54) is 16.6 Å². The first-order chi connectivity index (χ1) is 17.4. The Morgan fingerprint density at radius 3 is 2.78 bits per heavy atom. The van der Waals surface area contributed by atoms with Crippen LogP contribution in [-0.2, 0) is 17.6 Å². The number of anilines is 1. The molecule has 4 aromatic rings. The van der Waals surface area contributed by atoms with Gasteiger partial charge < -0.3 is 10.1 Å². The molecule has 6 nitrogen and oxygen atoms in total. The third-order valence-electron chi connectivity index (χ3n) is 6.18. The summed E-state index contributed by atoms with van der Waals surface area (Å²) >= 11 is 9.03. The summed E-state index contributed by atoms with van der Waals surface area (Å²) in [7, 11) is 0. The standard InChI is InChI=1S/C27H26ClN3O3S2/c1-3-34-18-11-9-17(10-12-18)31-26(33)24-19-13-8-16(2)14-22(19)36-25(24)30-27(31)35-15-23(32)29-21-7-5-4-6-20(21)28/h4-7,9-12,16H,3,8,13-15H2,1-2H3,(H,29,32). The molecule has 2 aromatic carbocycles. The minimum Gasteiger partial charge on any atom is -0.494 e. The van der Waals surface area contributed by atoms with Crippen molar-refractivity contribution in [3.63, 3.8) is 0 Å². The van der Waals surface area contributed by atoms with Crippen LogP contribution in [0.1, 0.15) is 30.7 Å². The molecule has 1 atom stereocenters. The summed E-state index contributed by atoms with van der Waals surface area (Å²) in [4.78, 5) is 33.6. The Morgan fingerprint density at radius 2 is 2.03 bits per heavy atom. The normalized spacial score (nSPS) is 15.0. The van der Waals surface area contributed by atoms with Gasteiger partial charge in [-0.1, -0.05) is 42.4 Å². The largest absolute Gasteiger partial charge is 0.494 e. The van der Waals surface area contributed by atoms with Crippen molar-refractivity contribution >= 4 is 56.5 Å². The number of hydrogen-bond donors (Lipinski definition) is 1. The van der Waals surface area contributed by atoms with Crippen LogP contribution in [0.3, 0.4) is 0 Å². The molecule has 36 heavy (non-hydrogen) atoms. The Morgan fingerprint density at radius 1 is 1.25 bits per heavy atom. The second-order valence-corrected chi connectivity index (χ2v) is 11.2. The van der Waals surface area contributed by atoms with Crippen LogP contribution in [0.15, 0.2) is 58.5 Å². The third-order valence-corrected chi connectivity index (χ3v) is 8.60. The molecule has 9 heteroatoms. The number of carbonyl (C=O) groups excluding carboxylic acids is 1. The van der Waals surface area contributed by atoms with Crippen LogP contribution in [0.4, 0.5) is 5.69 Å². The molecule has 1 aliphatic carbocycles. The van der Waals surface area contributed by atoms with E-state index in [4.69, 9.17) is 21.3 Å². The lowest BCUT2D eigenvalue weighted by Gasteiger charge is -2.18. The van der Waals surface area contributed by atoms with Gasteiger partial charge in [-0.3, -0.25) is 14.2 Å². The van der Waals surface area contributed by atoms with Crippen molar-refractivity contribution in [3.8, 4) is 11.4 Å². The maximum absolute atomic E-state index is 13.9. The topological polar surface area (TPSA) is 73.2 Å². The quantitative estimate of drug-likeness (QED) is 0.219. The zero-order chi connectivity index (χ0) is 25.2. The van der Waals surface area contributed by atoms with Crippen molar-refractivity contribution in [1.82, 2.24) is 9.55 Å². The number of aryl methyl sites for hydroxylation is 1. The maximum atomic E-state index is 13.9. The number of aromatic nitrogens is 2. The number of fused-ring (bicyclic) bond motifs is 3. The second-order valence-electron chi connectivity index (χ2n) is 8.81. The number of ether oxygens (including phenoxy) is 1. The molecule has 0 aliphatic heterocycles. The van der Waals surface area contributed by atoms with Crippen LogP contribution in [-0.4, -0.2) is 27.8 Å². The highest BCUT2D eigenvalue weighted by Gasteiger charge is 2.25. The molecule has 0 radical (unpaired) electrons. The van der Waals surface area contributed by atoms with Gasteiger partial charge in [-0.2, -0.15) is 0 Å². The molecular formula is C27H26ClN3O3S2. The van der Waals surface area contributed by atoms with Gasteiger partial charge in [-0.05, 0) is 74.1 Å². The van der Waals surface area contributed by atoms with Gasteiger partial charge >= 0.3 is 0 Å². The summed E-state index contributed by atoms with van der Waals surface area (Å²) < 4.78 is 7.20. The molecule has 1 N–H and O–H groups in total. The highest BCUT2D eigenvalue weighted by Crippen LogP contribution is 2.37. The minimum atomic E-state index is -0.222. The van der Waals surface area contributed by atoms with Crippen molar-refractivity contribution in [2.75, 3.05) is 17.7 Å². The number of carbonyl (C=O) groups is 1. The predicted molar refractivity (Wildman–Crippen MR) is 148 cm³/mol. The number of nitrogens with zero attached hydrogens (tertiary/aromatic N) is 2.